The van der Waals surface area contributed by atoms with Gasteiger partial charge in [-0.25, -0.2) is 0 Å². The smallest absolute Gasteiger partial charge is 0.266 e. The van der Waals surface area contributed by atoms with Crippen molar-refractivity contribution in [1.82, 2.24) is 5.32 Å². The molecule has 92 valence electrons. The molecule has 1 fully saturated rings. The highest BCUT2D eigenvalue weighted by Gasteiger charge is 2.24. The average Bonchev–Trinajstić information content (AvgIpc) is 2.16. The summed E-state index contributed by atoms with van der Waals surface area (Å²) in [7, 11) is -4.03. The molecule has 2 N–H and O–H groups in total. The third-order valence-corrected chi connectivity index (χ3v) is 3.29. The van der Waals surface area contributed by atoms with Gasteiger partial charge in [0.1, 0.15) is 5.78 Å². The molecule has 16 heavy (non-hydrogen) atoms. The molecule has 1 amide bonds. The molecule has 0 heterocycles. The number of carbonyl (C=O) groups excluding carboxylic acids is 2. The Morgan fingerprint density at radius 3 is 2.44 bits per heavy atom. The van der Waals surface area contributed by atoms with E-state index in [1.165, 1.54) is 0 Å². The van der Waals surface area contributed by atoms with Crippen LogP contribution in [0.4, 0.5) is 0 Å². The fourth-order valence-electron chi connectivity index (χ4n) is 1.65. The van der Waals surface area contributed by atoms with Crippen LogP contribution < -0.4 is 5.32 Å². The van der Waals surface area contributed by atoms with Gasteiger partial charge in [0, 0.05) is 25.3 Å². The van der Waals surface area contributed by atoms with Gasteiger partial charge < -0.3 is 5.32 Å². The molecule has 1 aliphatic rings. The molecule has 0 bridgehead atoms. The molecule has 0 radical (unpaired) electrons. The predicted molar refractivity (Wildman–Crippen MR) is 56.4 cm³/mol. The van der Waals surface area contributed by atoms with E-state index < -0.39 is 15.9 Å². The second kappa shape index (κ2) is 5.40. The summed E-state index contributed by atoms with van der Waals surface area (Å²) in [4.78, 5) is 22.4. The minimum atomic E-state index is -4.03. The van der Waals surface area contributed by atoms with E-state index in [0.29, 0.717) is 25.7 Å². The maximum atomic E-state index is 11.5. The summed E-state index contributed by atoms with van der Waals surface area (Å²) >= 11 is 0. The van der Waals surface area contributed by atoms with Crippen molar-refractivity contribution < 1.29 is 22.6 Å². The number of carbonyl (C=O) groups is 2. The van der Waals surface area contributed by atoms with Crippen molar-refractivity contribution >= 4 is 21.8 Å². The molecule has 0 aromatic carbocycles. The van der Waals surface area contributed by atoms with Crippen LogP contribution in [0, 0.1) is 5.92 Å². The monoisotopic (exact) mass is 249 g/mol. The van der Waals surface area contributed by atoms with Gasteiger partial charge in [0.15, 0.2) is 0 Å². The first kappa shape index (κ1) is 13.1. The average molecular weight is 249 g/mol. The first-order chi connectivity index (χ1) is 7.38. The van der Waals surface area contributed by atoms with Gasteiger partial charge in [-0.05, 0) is 12.8 Å². The third kappa shape index (κ3) is 4.71. The number of ketones is 1. The Labute approximate surface area is 94.2 Å². The van der Waals surface area contributed by atoms with Crippen LogP contribution in [0.15, 0.2) is 0 Å². The van der Waals surface area contributed by atoms with E-state index in [9.17, 15) is 18.0 Å². The molecule has 0 spiro atoms. The Morgan fingerprint density at radius 1 is 1.38 bits per heavy atom. The van der Waals surface area contributed by atoms with E-state index in [1.807, 2.05) is 0 Å². The zero-order valence-electron chi connectivity index (χ0n) is 8.81. The molecule has 0 aliphatic heterocycles. The highest BCUT2D eigenvalue weighted by Crippen LogP contribution is 2.21. The molecule has 1 aliphatic carbocycles. The summed E-state index contributed by atoms with van der Waals surface area (Å²) < 4.78 is 29.2. The summed E-state index contributed by atoms with van der Waals surface area (Å²) in [5.41, 5.74) is 0. The van der Waals surface area contributed by atoms with Crippen molar-refractivity contribution in [2.45, 2.75) is 25.7 Å². The quantitative estimate of drug-likeness (QED) is 0.669. The largest absolute Gasteiger partial charge is 0.355 e. The Morgan fingerprint density at radius 2 is 1.94 bits per heavy atom. The van der Waals surface area contributed by atoms with Gasteiger partial charge in [0.2, 0.25) is 5.91 Å². The lowest BCUT2D eigenvalue weighted by molar-refractivity contribution is -0.128. The molecule has 0 atom stereocenters. The SMILES string of the molecule is O=C1CCC(C(=O)NCCS(=O)(=O)O)CC1. The number of amides is 1. The van der Waals surface area contributed by atoms with Crippen LogP contribution >= 0.6 is 0 Å². The van der Waals surface area contributed by atoms with Crippen molar-refractivity contribution in [3.8, 4) is 0 Å². The molecular weight excluding hydrogens is 234 g/mol. The number of hydrogen-bond donors (Lipinski definition) is 2. The van der Waals surface area contributed by atoms with Gasteiger partial charge in [-0.15, -0.1) is 0 Å². The van der Waals surface area contributed by atoms with E-state index in [-0.39, 0.29) is 24.2 Å². The second-order valence-electron chi connectivity index (χ2n) is 3.89. The van der Waals surface area contributed by atoms with Crippen molar-refractivity contribution in [3.05, 3.63) is 0 Å². The van der Waals surface area contributed by atoms with Crippen molar-refractivity contribution in [2.75, 3.05) is 12.3 Å². The summed E-state index contributed by atoms with van der Waals surface area (Å²) in [6.45, 7) is -0.0951. The van der Waals surface area contributed by atoms with Crippen molar-refractivity contribution in [2.24, 2.45) is 5.92 Å². The zero-order chi connectivity index (χ0) is 12.2. The van der Waals surface area contributed by atoms with Crippen LogP contribution in [0.1, 0.15) is 25.7 Å². The summed E-state index contributed by atoms with van der Waals surface area (Å²) in [5.74, 6) is -0.762. The maximum Gasteiger partial charge on any atom is 0.266 e. The van der Waals surface area contributed by atoms with Gasteiger partial charge in [-0.1, -0.05) is 0 Å². The Balaban J connectivity index is 2.28. The molecule has 6 nitrogen and oxygen atoms in total. The normalized spacial score (nSPS) is 18.4. The van der Waals surface area contributed by atoms with Crippen LogP contribution in [0.5, 0.6) is 0 Å². The molecular formula is C9H15NO5S. The second-order valence-corrected chi connectivity index (χ2v) is 5.46. The summed E-state index contributed by atoms with van der Waals surface area (Å²) in [5, 5.41) is 2.43. The van der Waals surface area contributed by atoms with Gasteiger partial charge >= 0.3 is 0 Å². The van der Waals surface area contributed by atoms with E-state index in [0.717, 1.165) is 0 Å². The zero-order valence-corrected chi connectivity index (χ0v) is 9.62. The molecule has 1 saturated carbocycles. The van der Waals surface area contributed by atoms with Crippen LogP contribution in [-0.2, 0) is 19.7 Å². The van der Waals surface area contributed by atoms with Crippen LogP contribution in [0.25, 0.3) is 0 Å². The summed E-state index contributed by atoms with van der Waals surface area (Å²) in [6.07, 6.45) is 1.87. The van der Waals surface area contributed by atoms with E-state index in [2.05, 4.69) is 5.32 Å². The lowest BCUT2D eigenvalue weighted by Gasteiger charge is -2.19. The Kier molecular flexibility index (Phi) is 4.43. The van der Waals surface area contributed by atoms with Crippen LogP contribution in [-0.4, -0.2) is 37.0 Å². The van der Waals surface area contributed by atoms with E-state index in [1.54, 1.807) is 0 Å². The van der Waals surface area contributed by atoms with Crippen molar-refractivity contribution in [1.29, 1.82) is 0 Å². The number of rotatable bonds is 4. The van der Waals surface area contributed by atoms with E-state index in [4.69, 9.17) is 4.55 Å². The van der Waals surface area contributed by atoms with Crippen molar-refractivity contribution in [3.63, 3.8) is 0 Å². The first-order valence-corrected chi connectivity index (χ1v) is 6.74. The third-order valence-electron chi connectivity index (χ3n) is 2.57. The molecule has 0 saturated heterocycles. The Bertz CT molecular complexity index is 365. The fourth-order valence-corrected chi connectivity index (χ4v) is 2.01. The lowest BCUT2D eigenvalue weighted by Crippen LogP contribution is -2.35. The molecule has 1 rings (SSSR count). The first-order valence-electron chi connectivity index (χ1n) is 5.13. The predicted octanol–water partition coefficient (Wildman–Crippen LogP) is -0.250. The topological polar surface area (TPSA) is 101 Å². The van der Waals surface area contributed by atoms with Gasteiger partial charge in [-0.3, -0.25) is 14.1 Å². The van der Waals surface area contributed by atoms with Crippen LogP contribution in [0.3, 0.4) is 0 Å². The molecule has 0 aromatic heterocycles. The molecule has 0 unspecified atom stereocenters. The number of nitrogens with one attached hydrogen (secondary N) is 1. The van der Waals surface area contributed by atoms with Gasteiger partial charge in [0.05, 0.1) is 5.75 Å². The summed E-state index contributed by atoms with van der Waals surface area (Å²) in [6, 6.07) is 0. The van der Waals surface area contributed by atoms with Gasteiger partial charge in [0.25, 0.3) is 10.1 Å². The molecule has 7 heteroatoms. The maximum absolute atomic E-state index is 11.5. The Hall–Kier alpha value is -0.950. The molecule has 0 aromatic rings. The van der Waals surface area contributed by atoms with Gasteiger partial charge in [-0.2, -0.15) is 8.42 Å². The number of Topliss-reactive ketones (excluding diaryl/α,β-unsaturated/α-hetero) is 1. The lowest BCUT2D eigenvalue weighted by atomic mass is 9.88. The minimum Gasteiger partial charge on any atom is -0.355 e. The van der Waals surface area contributed by atoms with Crippen LogP contribution in [0.2, 0.25) is 0 Å². The fraction of sp³-hybridized carbons (Fsp3) is 0.778. The highest BCUT2D eigenvalue weighted by molar-refractivity contribution is 7.85. The number of hydrogen-bond acceptors (Lipinski definition) is 4. The minimum absolute atomic E-state index is 0.0951. The highest BCUT2D eigenvalue weighted by atomic mass is 32.2. The van der Waals surface area contributed by atoms with E-state index >= 15 is 0 Å². The standard InChI is InChI=1S/C9H15NO5S/c11-8-3-1-7(2-4-8)9(12)10-5-6-16(13,14)15/h7H,1-6H2,(H,10,12)(H,13,14,15).